The highest BCUT2D eigenvalue weighted by molar-refractivity contribution is 5.90. The van der Waals surface area contributed by atoms with Crippen LogP contribution in [-0.2, 0) is 18.2 Å². The number of rotatable bonds is 4. The van der Waals surface area contributed by atoms with E-state index in [4.69, 9.17) is 10.5 Å². The number of aryl methyl sites for hydroxylation is 1. The van der Waals surface area contributed by atoms with Gasteiger partial charge in [-0.2, -0.15) is 5.10 Å². The van der Waals surface area contributed by atoms with Gasteiger partial charge in [-0.1, -0.05) is 0 Å². The zero-order chi connectivity index (χ0) is 13.8. The Morgan fingerprint density at radius 3 is 2.89 bits per heavy atom. The first-order valence-electron chi connectivity index (χ1n) is 5.77. The number of nitrogens with two attached hydrogens (primary N) is 1. The summed E-state index contributed by atoms with van der Waals surface area (Å²) < 4.78 is 19.8. The lowest BCUT2D eigenvalue weighted by molar-refractivity contribution is 0.0507. The van der Waals surface area contributed by atoms with Crippen LogP contribution < -0.4 is 5.73 Å². The van der Waals surface area contributed by atoms with E-state index in [9.17, 15) is 9.18 Å². The fourth-order valence-electron chi connectivity index (χ4n) is 1.65. The number of carbonyl (C=O) groups excluding carboxylic acids is 1. The Balaban J connectivity index is 1.91. The number of hydrogen-bond donors (Lipinski definition) is 1. The lowest BCUT2D eigenvalue weighted by atomic mass is 10.2. The van der Waals surface area contributed by atoms with E-state index in [-0.39, 0.29) is 17.9 Å². The standard InChI is InChI=1S/C13H14FN3O2/c1-17-10(4-6-16-17)5-7-19-13(18)9-2-3-11(14)12(15)8-9/h2-4,6,8H,5,7,15H2,1H3. The first-order valence-corrected chi connectivity index (χ1v) is 5.77. The van der Waals surface area contributed by atoms with E-state index in [0.29, 0.717) is 6.42 Å². The van der Waals surface area contributed by atoms with Gasteiger partial charge in [0.1, 0.15) is 5.82 Å². The van der Waals surface area contributed by atoms with Gasteiger partial charge in [-0.15, -0.1) is 0 Å². The molecule has 0 saturated heterocycles. The highest BCUT2D eigenvalue weighted by Gasteiger charge is 2.10. The van der Waals surface area contributed by atoms with Crippen molar-refractivity contribution < 1.29 is 13.9 Å². The molecule has 0 aliphatic carbocycles. The van der Waals surface area contributed by atoms with Crippen molar-refractivity contribution in [3.63, 3.8) is 0 Å². The number of benzene rings is 1. The molecule has 0 radical (unpaired) electrons. The fourth-order valence-corrected chi connectivity index (χ4v) is 1.65. The second-order valence-electron chi connectivity index (χ2n) is 4.07. The van der Waals surface area contributed by atoms with Gasteiger partial charge in [0.15, 0.2) is 0 Å². The summed E-state index contributed by atoms with van der Waals surface area (Å²) in [6, 6.07) is 5.61. The predicted octanol–water partition coefficient (Wildman–Crippen LogP) is 1.54. The van der Waals surface area contributed by atoms with E-state index in [1.807, 2.05) is 13.1 Å². The summed E-state index contributed by atoms with van der Waals surface area (Å²) in [4.78, 5) is 11.7. The van der Waals surface area contributed by atoms with Crippen molar-refractivity contribution in [3.8, 4) is 0 Å². The van der Waals surface area contributed by atoms with Crippen LogP contribution in [0, 0.1) is 5.82 Å². The molecule has 0 unspecified atom stereocenters. The molecule has 0 fully saturated rings. The maximum absolute atomic E-state index is 13.0. The Labute approximate surface area is 109 Å². The lowest BCUT2D eigenvalue weighted by Gasteiger charge is -2.06. The summed E-state index contributed by atoms with van der Waals surface area (Å²) in [7, 11) is 1.82. The van der Waals surface area contributed by atoms with Crippen molar-refractivity contribution in [2.75, 3.05) is 12.3 Å². The van der Waals surface area contributed by atoms with Gasteiger partial charge in [0.2, 0.25) is 0 Å². The number of aromatic nitrogens is 2. The zero-order valence-corrected chi connectivity index (χ0v) is 10.5. The van der Waals surface area contributed by atoms with Crippen LogP contribution >= 0.6 is 0 Å². The maximum atomic E-state index is 13.0. The van der Waals surface area contributed by atoms with Crippen LogP contribution in [0.4, 0.5) is 10.1 Å². The van der Waals surface area contributed by atoms with E-state index in [2.05, 4.69) is 5.10 Å². The Bertz CT molecular complexity index is 595. The largest absolute Gasteiger partial charge is 0.462 e. The Morgan fingerprint density at radius 1 is 1.47 bits per heavy atom. The molecule has 1 aromatic carbocycles. The molecule has 0 bridgehead atoms. The molecular weight excluding hydrogens is 249 g/mol. The van der Waals surface area contributed by atoms with Crippen molar-refractivity contribution in [2.45, 2.75) is 6.42 Å². The Morgan fingerprint density at radius 2 is 2.26 bits per heavy atom. The third-order valence-electron chi connectivity index (χ3n) is 2.75. The third-order valence-corrected chi connectivity index (χ3v) is 2.75. The average Bonchev–Trinajstić information content (AvgIpc) is 2.78. The topological polar surface area (TPSA) is 70.1 Å². The van der Waals surface area contributed by atoms with Gasteiger partial charge in [-0.05, 0) is 24.3 Å². The summed E-state index contributed by atoms with van der Waals surface area (Å²) in [5, 5.41) is 4.01. The van der Waals surface area contributed by atoms with Crippen LogP contribution in [0.15, 0.2) is 30.5 Å². The summed E-state index contributed by atoms with van der Waals surface area (Å²) in [5.74, 6) is -1.07. The van der Waals surface area contributed by atoms with E-state index in [1.165, 1.54) is 12.1 Å². The van der Waals surface area contributed by atoms with Gasteiger partial charge in [0, 0.05) is 25.4 Å². The van der Waals surface area contributed by atoms with E-state index < -0.39 is 11.8 Å². The fraction of sp³-hybridized carbons (Fsp3) is 0.231. The molecular formula is C13H14FN3O2. The number of carbonyl (C=O) groups is 1. The molecule has 1 heterocycles. The van der Waals surface area contributed by atoms with Crippen molar-refractivity contribution in [1.29, 1.82) is 0 Å². The molecule has 0 spiro atoms. The van der Waals surface area contributed by atoms with Crippen LogP contribution in [0.2, 0.25) is 0 Å². The normalized spacial score (nSPS) is 10.4. The molecule has 5 nitrogen and oxygen atoms in total. The van der Waals surface area contributed by atoms with Crippen molar-refractivity contribution in [2.24, 2.45) is 7.05 Å². The number of nitrogen functional groups attached to an aromatic ring is 1. The molecule has 2 aromatic rings. The minimum atomic E-state index is -0.550. The van der Waals surface area contributed by atoms with Crippen LogP contribution in [-0.4, -0.2) is 22.4 Å². The minimum absolute atomic E-state index is 0.0684. The van der Waals surface area contributed by atoms with Crippen molar-refractivity contribution in [3.05, 3.63) is 47.5 Å². The molecule has 19 heavy (non-hydrogen) atoms. The molecule has 2 N–H and O–H groups in total. The van der Waals surface area contributed by atoms with Gasteiger partial charge in [-0.3, -0.25) is 4.68 Å². The average molecular weight is 263 g/mol. The second-order valence-corrected chi connectivity index (χ2v) is 4.07. The summed E-state index contributed by atoms with van der Waals surface area (Å²) in [6.45, 7) is 0.232. The van der Waals surface area contributed by atoms with Crippen LogP contribution in [0.25, 0.3) is 0 Å². The highest BCUT2D eigenvalue weighted by atomic mass is 19.1. The Kier molecular flexibility index (Phi) is 3.79. The van der Waals surface area contributed by atoms with Gasteiger partial charge in [0.25, 0.3) is 0 Å². The van der Waals surface area contributed by atoms with Gasteiger partial charge >= 0.3 is 5.97 Å². The number of ether oxygens (including phenoxy) is 1. The van der Waals surface area contributed by atoms with Gasteiger partial charge < -0.3 is 10.5 Å². The summed E-state index contributed by atoms with van der Waals surface area (Å²) >= 11 is 0. The van der Waals surface area contributed by atoms with Gasteiger partial charge in [0.05, 0.1) is 17.9 Å². The molecule has 1 aromatic heterocycles. The summed E-state index contributed by atoms with van der Waals surface area (Å²) in [6.07, 6.45) is 2.25. The number of anilines is 1. The second kappa shape index (κ2) is 5.51. The first kappa shape index (κ1) is 13.1. The number of hydrogen-bond acceptors (Lipinski definition) is 4. The van der Waals surface area contributed by atoms with E-state index >= 15 is 0 Å². The van der Waals surface area contributed by atoms with Crippen LogP contribution in [0.3, 0.4) is 0 Å². The smallest absolute Gasteiger partial charge is 0.338 e. The molecule has 0 atom stereocenters. The molecule has 0 aliphatic rings. The number of nitrogens with zero attached hydrogens (tertiary/aromatic N) is 2. The number of esters is 1. The Hall–Kier alpha value is -2.37. The monoisotopic (exact) mass is 263 g/mol. The molecule has 0 amide bonds. The lowest BCUT2D eigenvalue weighted by Crippen LogP contribution is -2.10. The third kappa shape index (κ3) is 3.09. The van der Waals surface area contributed by atoms with Crippen molar-refractivity contribution in [1.82, 2.24) is 9.78 Å². The van der Waals surface area contributed by atoms with E-state index in [1.54, 1.807) is 10.9 Å². The molecule has 0 aliphatic heterocycles. The highest BCUT2D eigenvalue weighted by Crippen LogP contribution is 2.13. The van der Waals surface area contributed by atoms with Crippen LogP contribution in [0.5, 0.6) is 0 Å². The number of halogens is 1. The maximum Gasteiger partial charge on any atom is 0.338 e. The molecule has 100 valence electrons. The molecule has 0 saturated carbocycles. The molecule has 2 rings (SSSR count). The SMILES string of the molecule is Cn1nccc1CCOC(=O)c1ccc(F)c(N)c1. The quantitative estimate of drug-likeness (QED) is 0.671. The van der Waals surface area contributed by atoms with Gasteiger partial charge in [-0.25, -0.2) is 9.18 Å². The first-order chi connectivity index (χ1) is 9.08. The summed E-state index contributed by atoms with van der Waals surface area (Å²) in [5.41, 5.74) is 6.53. The minimum Gasteiger partial charge on any atom is -0.462 e. The molecule has 6 heteroatoms. The predicted molar refractivity (Wildman–Crippen MR) is 68.0 cm³/mol. The van der Waals surface area contributed by atoms with Crippen molar-refractivity contribution >= 4 is 11.7 Å². The zero-order valence-electron chi connectivity index (χ0n) is 10.5. The van der Waals surface area contributed by atoms with Crippen LogP contribution in [0.1, 0.15) is 16.1 Å². The van der Waals surface area contributed by atoms with E-state index in [0.717, 1.165) is 11.8 Å².